The Morgan fingerprint density at radius 1 is 1.10 bits per heavy atom. The van der Waals surface area contributed by atoms with Crippen LogP contribution in [-0.2, 0) is 15.4 Å². The fraction of sp³-hybridized carbons (Fsp3) is 0.400. The van der Waals surface area contributed by atoms with Crippen molar-refractivity contribution in [2.75, 3.05) is 12.4 Å². The van der Waals surface area contributed by atoms with Crippen LogP contribution in [0.25, 0.3) is 0 Å². The lowest BCUT2D eigenvalue weighted by Crippen LogP contribution is -2.26. The molecule has 0 fully saturated rings. The smallest absolute Gasteiger partial charge is 0.294 e. The third-order valence-electron chi connectivity index (χ3n) is 2.01. The van der Waals surface area contributed by atoms with Crippen molar-refractivity contribution >= 4 is 21.6 Å². The molecule has 0 aliphatic carbocycles. The molecule has 8 nitrogen and oxygen atoms in total. The number of nitrogens with zero attached hydrogens (tertiary/aromatic N) is 2. The quantitative estimate of drug-likeness (QED) is 0.280. The fourth-order valence-corrected chi connectivity index (χ4v) is 3.40. The SMILES string of the molecule is O=[N+]([O-])OCC(CSSCc1ccccc1)O[N+](=O)[O-]. The van der Waals surface area contributed by atoms with Crippen molar-refractivity contribution in [3.63, 3.8) is 0 Å². The summed E-state index contributed by atoms with van der Waals surface area (Å²) >= 11 is 0. The number of hydrogen-bond acceptors (Lipinski definition) is 8. The van der Waals surface area contributed by atoms with E-state index in [9.17, 15) is 20.2 Å². The molecule has 0 radical (unpaired) electrons. The number of benzene rings is 1. The van der Waals surface area contributed by atoms with Crippen LogP contribution in [0.5, 0.6) is 0 Å². The monoisotopic (exact) mass is 320 g/mol. The average molecular weight is 320 g/mol. The van der Waals surface area contributed by atoms with Crippen molar-refractivity contribution < 1.29 is 19.8 Å². The Labute approximate surface area is 122 Å². The van der Waals surface area contributed by atoms with Gasteiger partial charge in [-0.15, -0.1) is 20.2 Å². The third kappa shape index (κ3) is 7.69. The van der Waals surface area contributed by atoms with Gasteiger partial charge in [-0.2, -0.15) is 0 Å². The van der Waals surface area contributed by atoms with E-state index in [-0.39, 0.29) is 5.75 Å². The second kappa shape index (κ2) is 9.26. The summed E-state index contributed by atoms with van der Waals surface area (Å²) in [6.07, 6.45) is -0.969. The predicted octanol–water partition coefficient (Wildman–Crippen LogP) is 2.35. The molecule has 1 aromatic carbocycles. The van der Waals surface area contributed by atoms with E-state index in [2.05, 4.69) is 9.68 Å². The van der Waals surface area contributed by atoms with Crippen molar-refractivity contribution in [3.05, 3.63) is 56.1 Å². The maximum atomic E-state index is 10.3. The maximum absolute atomic E-state index is 10.3. The first-order chi connectivity index (χ1) is 9.58. The van der Waals surface area contributed by atoms with Crippen molar-refractivity contribution in [3.8, 4) is 0 Å². The molecule has 0 saturated heterocycles. The molecular weight excluding hydrogens is 308 g/mol. The summed E-state index contributed by atoms with van der Waals surface area (Å²) in [6, 6.07) is 9.69. The number of rotatable bonds is 10. The lowest BCUT2D eigenvalue weighted by molar-refractivity contribution is -0.788. The van der Waals surface area contributed by atoms with Crippen LogP contribution in [0.2, 0.25) is 0 Å². The Morgan fingerprint density at radius 2 is 1.80 bits per heavy atom. The summed E-state index contributed by atoms with van der Waals surface area (Å²) in [5, 5.41) is 18.3. The Bertz CT molecular complexity index is 433. The van der Waals surface area contributed by atoms with Gasteiger partial charge in [-0.1, -0.05) is 51.9 Å². The lowest BCUT2D eigenvalue weighted by atomic mass is 10.2. The summed E-state index contributed by atoms with van der Waals surface area (Å²) in [7, 11) is 2.82. The molecule has 1 atom stereocenters. The van der Waals surface area contributed by atoms with E-state index in [0.717, 1.165) is 11.3 Å². The molecule has 0 N–H and O–H groups in total. The molecule has 0 amide bonds. The highest BCUT2D eigenvalue weighted by molar-refractivity contribution is 8.76. The Hall–Kier alpha value is -1.68. The van der Waals surface area contributed by atoms with Crippen molar-refractivity contribution in [2.45, 2.75) is 11.9 Å². The maximum Gasteiger partial charge on any atom is 0.294 e. The van der Waals surface area contributed by atoms with E-state index in [4.69, 9.17) is 0 Å². The Balaban J connectivity index is 2.26. The predicted molar refractivity (Wildman–Crippen MR) is 75.0 cm³/mol. The molecule has 0 heterocycles. The van der Waals surface area contributed by atoms with Gasteiger partial charge in [0.2, 0.25) is 0 Å². The molecule has 0 spiro atoms. The van der Waals surface area contributed by atoms with Gasteiger partial charge in [-0.3, -0.25) is 0 Å². The van der Waals surface area contributed by atoms with E-state index in [0.29, 0.717) is 0 Å². The van der Waals surface area contributed by atoms with Gasteiger partial charge in [0.1, 0.15) is 12.7 Å². The van der Waals surface area contributed by atoms with E-state index in [1.54, 1.807) is 0 Å². The van der Waals surface area contributed by atoms with Gasteiger partial charge in [0.15, 0.2) is 0 Å². The molecule has 1 unspecified atom stereocenters. The van der Waals surface area contributed by atoms with Gasteiger partial charge in [0, 0.05) is 11.5 Å². The molecule has 1 rings (SSSR count). The standard InChI is InChI=1S/C10H12N2O6S2/c13-11(14)17-6-10(18-12(15)16)8-20-19-7-9-4-2-1-3-5-9/h1-5,10H,6-8H2. The average Bonchev–Trinajstić information content (AvgIpc) is 2.41. The zero-order valence-electron chi connectivity index (χ0n) is 10.2. The van der Waals surface area contributed by atoms with E-state index < -0.39 is 22.9 Å². The molecule has 0 bridgehead atoms. The summed E-state index contributed by atoms with van der Waals surface area (Å²) < 4.78 is 0. The van der Waals surface area contributed by atoms with Gasteiger partial charge < -0.3 is 9.68 Å². The van der Waals surface area contributed by atoms with Crippen LogP contribution in [0.1, 0.15) is 5.56 Å². The normalized spacial score (nSPS) is 11.6. The highest BCUT2D eigenvalue weighted by Gasteiger charge is 2.16. The van der Waals surface area contributed by atoms with Crippen molar-refractivity contribution in [1.82, 2.24) is 0 Å². The van der Waals surface area contributed by atoms with E-state index in [1.165, 1.54) is 21.6 Å². The molecular formula is C10H12N2O6S2. The molecule has 1 aromatic rings. The summed E-state index contributed by atoms with van der Waals surface area (Å²) in [4.78, 5) is 28.7. The first kappa shape index (κ1) is 16.4. The minimum atomic E-state index is -1.00. The largest absolute Gasteiger partial charge is 0.312 e. The van der Waals surface area contributed by atoms with E-state index in [1.807, 2.05) is 30.3 Å². The van der Waals surface area contributed by atoms with Crippen LogP contribution < -0.4 is 0 Å². The first-order valence-corrected chi connectivity index (χ1v) is 7.93. The van der Waals surface area contributed by atoms with Crippen LogP contribution >= 0.6 is 21.6 Å². The highest BCUT2D eigenvalue weighted by atomic mass is 33.1. The molecule has 0 aromatic heterocycles. The van der Waals surface area contributed by atoms with Gasteiger partial charge in [0.25, 0.3) is 10.2 Å². The third-order valence-corrected chi connectivity index (χ3v) is 4.39. The van der Waals surface area contributed by atoms with Gasteiger partial charge in [-0.05, 0) is 5.56 Å². The highest BCUT2D eigenvalue weighted by Crippen LogP contribution is 2.27. The first-order valence-electron chi connectivity index (χ1n) is 5.44. The zero-order chi connectivity index (χ0) is 14.8. The molecule has 110 valence electrons. The Kier molecular flexibility index (Phi) is 7.58. The lowest BCUT2D eigenvalue weighted by Gasteiger charge is -2.12. The molecule has 0 saturated carbocycles. The second-order valence-corrected chi connectivity index (χ2v) is 6.01. The van der Waals surface area contributed by atoms with Crippen molar-refractivity contribution in [2.24, 2.45) is 0 Å². The van der Waals surface area contributed by atoms with E-state index >= 15 is 0 Å². The molecule has 0 aliphatic heterocycles. The van der Waals surface area contributed by atoms with Gasteiger partial charge in [0.05, 0.1) is 0 Å². The number of hydrogen-bond donors (Lipinski definition) is 0. The van der Waals surface area contributed by atoms with Crippen LogP contribution in [0, 0.1) is 20.2 Å². The van der Waals surface area contributed by atoms with Crippen LogP contribution in [0.15, 0.2) is 30.3 Å². The summed E-state index contributed by atoms with van der Waals surface area (Å²) in [5.74, 6) is 0.944. The fourth-order valence-electron chi connectivity index (χ4n) is 1.18. The van der Waals surface area contributed by atoms with Crippen LogP contribution in [0.3, 0.4) is 0 Å². The minimum absolute atomic E-state index is 0.215. The Morgan fingerprint density at radius 3 is 2.40 bits per heavy atom. The van der Waals surface area contributed by atoms with Crippen LogP contribution in [-0.4, -0.2) is 28.6 Å². The zero-order valence-corrected chi connectivity index (χ0v) is 11.9. The summed E-state index contributed by atoms with van der Waals surface area (Å²) in [5.41, 5.74) is 1.12. The molecule has 10 heteroatoms. The van der Waals surface area contributed by atoms with Gasteiger partial charge >= 0.3 is 0 Å². The topological polar surface area (TPSA) is 105 Å². The molecule has 20 heavy (non-hydrogen) atoms. The van der Waals surface area contributed by atoms with Crippen LogP contribution in [0.4, 0.5) is 0 Å². The van der Waals surface area contributed by atoms with Crippen molar-refractivity contribution in [1.29, 1.82) is 0 Å². The van der Waals surface area contributed by atoms with Gasteiger partial charge in [-0.25, -0.2) is 0 Å². The molecule has 0 aliphatic rings. The second-order valence-electron chi connectivity index (χ2n) is 3.50. The minimum Gasteiger partial charge on any atom is -0.312 e. The summed E-state index contributed by atoms with van der Waals surface area (Å²) in [6.45, 7) is -0.465.